The van der Waals surface area contributed by atoms with Gasteiger partial charge in [-0.1, -0.05) is 199 Å². The van der Waals surface area contributed by atoms with Crippen LogP contribution < -0.4 is 30.9 Å². The Hall–Kier alpha value is -6.78. The number of fused-ring (bicyclic) bond motifs is 8. The molecule has 0 aromatic heterocycles. The number of hydrogen-bond donors (Lipinski definition) is 0. The Balaban J connectivity index is 1.31. The van der Waals surface area contributed by atoms with E-state index in [9.17, 15) is 0 Å². The van der Waals surface area contributed by atoms with Crippen molar-refractivity contribution in [2.45, 2.75) is 138 Å². The van der Waals surface area contributed by atoms with E-state index in [0.29, 0.717) is 0 Å². The van der Waals surface area contributed by atoms with Crippen LogP contribution in [0.5, 0.6) is 11.5 Å². The number of nitrogens with zero attached hydrogens (tertiary/aromatic N) is 2. The second-order valence-electron chi connectivity index (χ2n) is 26.1. The molecule has 368 valence electrons. The van der Waals surface area contributed by atoms with E-state index >= 15 is 0 Å². The lowest BCUT2D eigenvalue weighted by Gasteiger charge is -2.44. The van der Waals surface area contributed by atoms with Crippen molar-refractivity contribution in [1.29, 1.82) is 0 Å². The number of aryl methyl sites for hydroxylation is 2. The van der Waals surface area contributed by atoms with Gasteiger partial charge in [0.2, 0.25) is 0 Å². The summed E-state index contributed by atoms with van der Waals surface area (Å²) in [4.78, 5) is 5.19. The van der Waals surface area contributed by atoms with Gasteiger partial charge in [0.15, 0.2) is 0 Å². The highest BCUT2D eigenvalue weighted by molar-refractivity contribution is 6.99. The molecule has 3 nitrogen and oxygen atoms in total. The number of ether oxygens (including phenoxy) is 1. The predicted molar refractivity (Wildman–Crippen MR) is 314 cm³/mol. The van der Waals surface area contributed by atoms with Gasteiger partial charge in [-0.25, -0.2) is 0 Å². The molecule has 1 aliphatic carbocycles. The van der Waals surface area contributed by atoms with Gasteiger partial charge in [0, 0.05) is 39.4 Å². The summed E-state index contributed by atoms with van der Waals surface area (Å²) in [5.41, 5.74) is 25.5. The van der Waals surface area contributed by atoms with E-state index < -0.39 is 0 Å². The summed E-state index contributed by atoms with van der Waals surface area (Å²) in [6.07, 6.45) is 0. The highest BCUT2D eigenvalue weighted by Crippen LogP contribution is 2.59. The highest BCUT2D eigenvalue weighted by atomic mass is 16.5. The molecule has 0 amide bonds. The minimum Gasteiger partial charge on any atom is -0.458 e. The minimum atomic E-state index is -0.389. The van der Waals surface area contributed by atoms with Crippen molar-refractivity contribution in [3.63, 3.8) is 0 Å². The largest absolute Gasteiger partial charge is 0.458 e. The first-order valence-electron chi connectivity index (χ1n) is 26.6. The third-order valence-electron chi connectivity index (χ3n) is 16.2. The molecular weight excluding hydrogens is 884 g/mol. The van der Waals surface area contributed by atoms with Crippen LogP contribution in [0.3, 0.4) is 0 Å². The molecule has 2 heterocycles. The molecule has 0 unspecified atom stereocenters. The van der Waals surface area contributed by atoms with Crippen molar-refractivity contribution < 1.29 is 4.74 Å². The van der Waals surface area contributed by atoms with Crippen molar-refractivity contribution in [1.82, 2.24) is 0 Å². The Morgan fingerprint density at radius 2 is 1.00 bits per heavy atom. The molecule has 8 aromatic carbocycles. The van der Waals surface area contributed by atoms with Crippen molar-refractivity contribution in [3.8, 4) is 33.8 Å². The molecule has 0 N–H and O–H groups in total. The molecule has 8 aromatic rings. The zero-order valence-electron chi connectivity index (χ0n) is 46.3. The second-order valence-corrected chi connectivity index (χ2v) is 26.1. The fraction of sp³-hybridized carbons (Fsp3) is 0.304. The first kappa shape index (κ1) is 48.5. The number of hydrogen-bond acceptors (Lipinski definition) is 3. The van der Waals surface area contributed by atoms with Crippen LogP contribution in [-0.2, 0) is 27.1 Å². The maximum absolute atomic E-state index is 7.32. The Morgan fingerprint density at radius 3 is 1.55 bits per heavy atom. The Kier molecular flexibility index (Phi) is 11.0. The lowest BCUT2D eigenvalue weighted by atomic mass is 9.33. The molecule has 11 rings (SSSR count). The Morgan fingerprint density at radius 1 is 0.493 bits per heavy atom. The fourth-order valence-corrected chi connectivity index (χ4v) is 12.1. The summed E-state index contributed by atoms with van der Waals surface area (Å²) in [5.74, 6) is 1.83. The summed E-state index contributed by atoms with van der Waals surface area (Å²) in [6, 6.07) is 58.7. The maximum Gasteiger partial charge on any atom is 0.256 e. The average molecular weight is 957 g/mol. The van der Waals surface area contributed by atoms with Gasteiger partial charge >= 0.3 is 0 Å². The molecule has 0 spiro atoms. The molecule has 0 radical (unpaired) electrons. The minimum absolute atomic E-state index is 0.00668. The zero-order chi connectivity index (χ0) is 51.9. The van der Waals surface area contributed by atoms with E-state index in [4.69, 9.17) is 4.74 Å². The molecule has 0 saturated carbocycles. The van der Waals surface area contributed by atoms with Gasteiger partial charge in [-0.05, 0) is 163 Å². The molecule has 0 saturated heterocycles. The SMILES string of the molecule is Cc1cc(C)cc(-c2cc3c4c(c2)N(c2ccc(C(C)(C)C)cc2)c2c(cc(N(c5ccc(C(C)(C)C)cc5)c5ccc(C(C)(C)C)cc5)c5c2C(C)(C)c2ccccc2-5)B4c2cc(C(C)(C)C)ccc2O3)c1. The summed E-state index contributed by atoms with van der Waals surface area (Å²) in [6.45, 7) is 36.9. The standard InChI is InChI=1S/C69H73BN2O/c1-42-35-43(2)37-44(36-42)45-38-58-63-60(39-45)73-59-34-27-49(68(12,13)14)40-55(59)70(63)56-41-57(71(50-28-21-46(22-29-50)65(3,4)5)51-30-23-47(24-31-51)66(6,7)8)61-53-19-17-18-20-54(53)69(15,16)62(61)64(56)72(58)52-32-25-48(26-33-52)67(9,10)11/h17-41H,1-16H3. The number of rotatable bonds is 5. The van der Waals surface area contributed by atoms with Gasteiger partial charge in [-0.15, -0.1) is 0 Å². The quantitative estimate of drug-likeness (QED) is 0.160. The smallest absolute Gasteiger partial charge is 0.256 e. The molecule has 0 fully saturated rings. The van der Waals surface area contributed by atoms with Crippen LogP contribution in [0.2, 0.25) is 0 Å². The van der Waals surface area contributed by atoms with Crippen LogP contribution in [0.1, 0.15) is 141 Å². The first-order chi connectivity index (χ1) is 34.3. The van der Waals surface area contributed by atoms with Crippen molar-refractivity contribution in [2.75, 3.05) is 9.80 Å². The fourth-order valence-electron chi connectivity index (χ4n) is 12.1. The third-order valence-corrected chi connectivity index (χ3v) is 16.2. The van der Waals surface area contributed by atoms with Gasteiger partial charge in [0.05, 0.1) is 5.69 Å². The summed E-state index contributed by atoms with van der Waals surface area (Å²) >= 11 is 0. The van der Waals surface area contributed by atoms with Gasteiger partial charge in [-0.3, -0.25) is 0 Å². The molecule has 0 bridgehead atoms. The van der Waals surface area contributed by atoms with Gasteiger partial charge in [0.1, 0.15) is 11.5 Å². The zero-order valence-corrected chi connectivity index (χ0v) is 46.3. The third kappa shape index (κ3) is 8.12. The highest BCUT2D eigenvalue weighted by Gasteiger charge is 2.49. The van der Waals surface area contributed by atoms with E-state index in [0.717, 1.165) is 39.8 Å². The van der Waals surface area contributed by atoms with Crippen LogP contribution in [-0.4, -0.2) is 6.71 Å². The molecule has 4 heteroatoms. The van der Waals surface area contributed by atoms with E-state index in [1.54, 1.807) is 0 Å². The van der Waals surface area contributed by atoms with Gasteiger partial charge in [0.25, 0.3) is 6.71 Å². The summed E-state index contributed by atoms with van der Waals surface area (Å²) in [5, 5.41) is 0. The molecule has 3 aliphatic rings. The van der Waals surface area contributed by atoms with Crippen molar-refractivity contribution in [3.05, 3.63) is 196 Å². The normalized spacial score (nSPS) is 14.5. The molecule has 2 aliphatic heterocycles. The number of anilines is 6. The predicted octanol–water partition coefficient (Wildman–Crippen LogP) is 17.3. The molecule has 73 heavy (non-hydrogen) atoms. The Bertz CT molecular complexity index is 3420. The maximum atomic E-state index is 7.32. The van der Waals surface area contributed by atoms with Crippen LogP contribution in [0.25, 0.3) is 22.3 Å². The van der Waals surface area contributed by atoms with Crippen molar-refractivity contribution >= 4 is 57.2 Å². The Labute approximate surface area is 437 Å². The molecular formula is C69H73BN2O. The lowest BCUT2D eigenvalue weighted by molar-refractivity contribution is 0.486. The van der Waals surface area contributed by atoms with E-state index in [-0.39, 0.29) is 33.8 Å². The van der Waals surface area contributed by atoms with E-state index in [2.05, 4.69) is 272 Å². The van der Waals surface area contributed by atoms with Crippen LogP contribution >= 0.6 is 0 Å². The lowest BCUT2D eigenvalue weighted by Crippen LogP contribution is -2.60. The monoisotopic (exact) mass is 957 g/mol. The second kappa shape index (κ2) is 16.6. The van der Waals surface area contributed by atoms with Crippen LogP contribution in [0, 0.1) is 13.8 Å². The van der Waals surface area contributed by atoms with Gasteiger partial charge in [-0.2, -0.15) is 0 Å². The first-order valence-corrected chi connectivity index (χ1v) is 26.6. The number of benzene rings is 8. The van der Waals surface area contributed by atoms with Crippen molar-refractivity contribution in [2.24, 2.45) is 0 Å². The van der Waals surface area contributed by atoms with Crippen LogP contribution in [0.4, 0.5) is 34.1 Å². The summed E-state index contributed by atoms with van der Waals surface area (Å²) in [7, 11) is 0. The summed E-state index contributed by atoms with van der Waals surface area (Å²) < 4.78 is 7.32. The topological polar surface area (TPSA) is 15.7 Å². The van der Waals surface area contributed by atoms with E-state index in [1.165, 1.54) is 89.0 Å². The van der Waals surface area contributed by atoms with E-state index in [1.807, 2.05) is 0 Å². The van der Waals surface area contributed by atoms with Gasteiger partial charge < -0.3 is 14.5 Å². The molecule has 0 atom stereocenters. The average Bonchev–Trinajstić information content (AvgIpc) is 3.56. The van der Waals surface area contributed by atoms with Crippen LogP contribution in [0.15, 0.2) is 152 Å².